The predicted octanol–water partition coefficient (Wildman–Crippen LogP) is 14.7. The summed E-state index contributed by atoms with van der Waals surface area (Å²) in [5, 5.41) is 14.0. The lowest BCUT2D eigenvalue weighted by atomic mass is 9.95. The molecule has 0 atom stereocenters. The topological polar surface area (TPSA) is 80.5 Å². The SMILES string of the molecule is N#Cc1cccc(-c2ccccc2-c2nc(-c3ccc4c(c3)oc3cccc(-c5cccc(-c6ccccc6)c5)c34)nc(-c3cccc4c3c3ccccc3n4-c3ccccc3)n2)c1. The first kappa shape index (κ1) is 36.9. The highest BCUT2D eigenvalue weighted by Crippen LogP contribution is 2.42. The zero-order valence-corrected chi connectivity index (χ0v) is 34.4. The van der Waals surface area contributed by atoms with Gasteiger partial charge in [-0.05, 0) is 94.0 Å². The number of hydrogen-bond acceptors (Lipinski definition) is 5. The van der Waals surface area contributed by atoms with Crippen molar-refractivity contribution in [2.45, 2.75) is 0 Å². The largest absolute Gasteiger partial charge is 0.456 e. The van der Waals surface area contributed by atoms with E-state index in [4.69, 9.17) is 19.4 Å². The molecule has 64 heavy (non-hydrogen) atoms. The van der Waals surface area contributed by atoms with Gasteiger partial charge in [-0.15, -0.1) is 0 Å². The van der Waals surface area contributed by atoms with Crippen LogP contribution >= 0.6 is 0 Å². The third-order valence-corrected chi connectivity index (χ3v) is 12.1. The molecule has 12 aromatic rings. The smallest absolute Gasteiger partial charge is 0.164 e. The molecule has 6 heteroatoms. The minimum absolute atomic E-state index is 0.516. The van der Waals surface area contributed by atoms with Gasteiger partial charge in [-0.3, -0.25) is 0 Å². The Hall–Kier alpha value is -8.92. The van der Waals surface area contributed by atoms with Gasteiger partial charge in [0.15, 0.2) is 17.5 Å². The van der Waals surface area contributed by atoms with Crippen molar-refractivity contribution in [3.63, 3.8) is 0 Å². The summed E-state index contributed by atoms with van der Waals surface area (Å²) in [6, 6.07) is 75.0. The molecule has 0 bridgehead atoms. The minimum atomic E-state index is 0.516. The summed E-state index contributed by atoms with van der Waals surface area (Å²) in [5.41, 5.74) is 14.2. The van der Waals surface area contributed by atoms with Crippen LogP contribution in [0.4, 0.5) is 0 Å². The highest BCUT2D eigenvalue weighted by molar-refractivity contribution is 6.16. The molecule has 9 aromatic carbocycles. The van der Waals surface area contributed by atoms with Crippen molar-refractivity contribution in [3.05, 3.63) is 218 Å². The van der Waals surface area contributed by atoms with Gasteiger partial charge in [0.1, 0.15) is 11.2 Å². The number of nitriles is 1. The standard InChI is InChI=1S/C58H35N5O/c59-36-37-15-11-19-40(33-37)44-23-7-8-24-46(44)57-60-56(61-58(62-57)49-27-13-29-51-54(49)47-25-9-10-28-50(47)63(51)43-21-5-2-6-22-43)42-31-32-48-53(35-42)64-52-30-14-26-45(55(48)52)41-20-12-18-39(34-41)38-16-3-1-4-17-38/h1-35H. The molecular formula is C58H35N5O. The third kappa shape index (κ3) is 6.22. The van der Waals surface area contributed by atoms with Crippen molar-refractivity contribution >= 4 is 43.7 Å². The molecule has 3 heterocycles. The molecule has 0 amide bonds. The molecular weight excluding hydrogens is 783 g/mol. The Morgan fingerprint density at radius 3 is 1.83 bits per heavy atom. The van der Waals surface area contributed by atoms with Crippen molar-refractivity contribution in [2.75, 3.05) is 0 Å². The Balaban J connectivity index is 1.07. The molecule has 12 rings (SSSR count). The quantitative estimate of drug-likeness (QED) is 0.160. The van der Waals surface area contributed by atoms with E-state index in [2.05, 4.69) is 156 Å². The number of rotatable bonds is 7. The number of nitrogens with zero attached hydrogens (tertiary/aromatic N) is 5. The summed E-state index contributed by atoms with van der Waals surface area (Å²) in [6.07, 6.45) is 0. The Kier molecular flexibility index (Phi) is 8.77. The molecule has 3 aromatic heterocycles. The van der Waals surface area contributed by atoms with Crippen LogP contribution in [-0.4, -0.2) is 19.5 Å². The lowest BCUT2D eigenvalue weighted by molar-refractivity contribution is 0.669. The molecule has 0 N–H and O–H groups in total. The fraction of sp³-hybridized carbons (Fsp3) is 0. The lowest BCUT2D eigenvalue weighted by Gasteiger charge is -2.13. The maximum atomic E-state index is 9.81. The maximum Gasteiger partial charge on any atom is 0.164 e. The number of para-hydroxylation sites is 2. The Morgan fingerprint density at radius 2 is 0.984 bits per heavy atom. The van der Waals surface area contributed by atoms with E-state index < -0.39 is 0 Å². The van der Waals surface area contributed by atoms with Crippen LogP contribution in [0.3, 0.4) is 0 Å². The zero-order valence-electron chi connectivity index (χ0n) is 34.4. The van der Waals surface area contributed by atoms with E-state index in [1.807, 2.05) is 66.7 Å². The molecule has 0 aliphatic heterocycles. The van der Waals surface area contributed by atoms with Crippen LogP contribution in [0, 0.1) is 11.3 Å². The average Bonchev–Trinajstić information content (AvgIpc) is 3.92. The van der Waals surface area contributed by atoms with E-state index in [1.54, 1.807) is 0 Å². The molecule has 0 saturated carbocycles. The summed E-state index contributed by atoms with van der Waals surface area (Å²) < 4.78 is 8.97. The highest BCUT2D eigenvalue weighted by Gasteiger charge is 2.22. The van der Waals surface area contributed by atoms with Gasteiger partial charge in [0.25, 0.3) is 0 Å². The van der Waals surface area contributed by atoms with Crippen molar-refractivity contribution in [1.82, 2.24) is 19.5 Å². The van der Waals surface area contributed by atoms with Gasteiger partial charge in [0, 0.05) is 43.9 Å². The van der Waals surface area contributed by atoms with E-state index in [0.717, 1.165) is 93.9 Å². The van der Waals surface area contributed by atoms with E-state index >= 15 is 0 Å². The molecule has 0 unspecified atom stereocenters. The summed E-state index contributed by atoms with van der Waals surface area (Å²) in [4.78, 5) is 15.9. The second kappa shape index (κ2) is 15.2. The zero-order chi connectivity index (χ0) is 42.6. The van der Waals surface area contributed by atoms with Crippen LogP contribution in [-0.2, 0) is 0 Å². The number of fused-ring (bicyclic) bond motifs is 6. The third-order valence-electron chi connectivity index (χ3n) is 12.1. The molecule has 0 radical (unpaired) electrons. The first-order valence-corrected chi connectivity index (χ1v) is 21.2. The highest BCUT2D eigenvalue weighted by atomic mass is 16.3. The molecule has 0 saturated heterocycles. The second-order valence-corrected chi connectivity index (χ2v) is 15.9. The monoisotopic (exact) mass is 817 g/mol. The van der Waals surface area contributed by atoms with Crippen LogP contribution in [0.25, 0.3) is 117 Å². The number of furan rings is 1. The van der Waals surface area contributed by atoms with Crippen molar-refractivity contribution in [2.24, 2.45) is 0 Å². The minimum Gasteiger partial charge on any atom is -0.456 e. The summed E-state index contributed by atoms with van der Waals surface area (Å²) >= 11 is 0. The fourth-order valence-corrected chi connectivity index (χ4v) is 9.20. The van der Waals surface area contributed by atoms with Gasteiger partial charge >= 0.3 is 0 Å². The molecule has 0 aliphatic rings. The van der Waals surface area contributed by atoms with Crippen LogP contribution in [0.5, 0.6) is 0 Å². The van der Waals surface area contributed by atoms with E-state index in [-0.39, 0.29) is 0 Å². The molecule has 0 fully saturated rings. The van der Waals surface area contributed by atoms with Gasteiger partial charge in [0.2, 0.25) is 0 Å². The normalized spacial score (nSPS) is 11.4. The Bertz CT molecular complexity index is 3800. The van der Waals surface area contributed by atoms with Crippen LogP contribution < -0.4 is 0 Å². The van der Waals surface area contributed by atoms with Gasteiger partial charge in [0.05, 0.1) is 22.7 Å². The van der Waals surface area contributed by atoms with E-state index in [0.29, 0.717) is 23.0 Å². The number of hydrogen-bond donors (Lipinski definition) is 0. The molecule has 6 nitrogen and oxygen atoms in total. The predicted molar refractivity (Wildman–Crippen MR) is 259 cm³/mol. The van der Waals surface area contributed by atoms with Gasteiger partial charge in [-0.2, -0.15) is 5.26 Å². The molecule has 0 spiro atoms. The van der Waals surface area contributed by atoms with Crippen LogP contribution in [0.2, 0.25) is 0 Å². The summed E-state index contributed by atoms with van der Waals surface area (Å²) in [6.45, 7) is 0. The van der Waals surface area contributed by atoms with Gasteiger partial charge < -0.3 is 8.98 Å². The van der Waals surface area contributed by atoms with Gasteiger partial charge in [-0.25, -0.2) is 15.0 Å². The van der Waals surface area contributed by atoms with Crippen molar-refractivity contribution in [3.8, 4) is 79.3 Å². The summed E-state index contributed by atoms with van der Waals surface area (Å²) in [5.74, 6) is 1.59. The Labute approximate surface area is 368 Å². The maximum absolute atomic E-state index is 9.81. The Morgan fingerprint density at radius 1 is 0.375 bits per heavy atom. The molecule has 0 aliphatic carbocycles. The van der Waals surface area contributed by atoms with Crippen LogP contribution in [0.1, 0.15) is 5.56 Å². The first-order chi connectivity index (χ1) is 31.7. The summed E-state index contributed by atoms with van der Waals surface area (Å²) in [7, 11) is 0. The number of benzene rings is 9. The number of aromatic nitrogens is 4. The van der Waals surface area contributed by atoms with Gasteiger partial charge in [-0.1, -0.05) is 152 Å². The van der Waals surface area contributed by atoms with Crippen molar-refractivity contribution < 1.29 is 4.42 Å². The second-order valence-electron chi connectivity index (χ2n) is 15.9. The van der Waals surface area contributed by atoms with E-state index in [1.165, 1.54) is 5.56 Å². The first-order valence-electron chi connectivity index (χ1n) is 21.2. The van der Waals surface area contributed by atoms with E-state index in [9.17, 15) is 5.26 Å². The lowest BCUT2D eigenvalue weighted by Crippen LogP contribution is -2.01. The van der Waals surface area contributed by atoms with Crippen LogP contribution in [0.15, 0.2) is 217 Å². The average molecular weight is 818 g/mol. The van der Waals surface area contributed by atoms with Crippen molar-refractivity contribution in [1.29, 1.82) is 5.26 Å². The fourth-order valence-electron chi connectivity index (χ4n) is 9.20. The molecule has 298 valence electrons.